The predicted molar refractivity (Wildman–Crippen MR) is 136 cm³/mol. The van der Waals surface area contributed by atoms with Gasteiger partial charge in [-0.1, -0.05) is 42.7 Å². The maximum Gasteiger partial charge on any atom is 0.275 e. The molecule has 6 nitrogen and oxygen atoms in total. The minimum absolute atomic E-state index is 0.0274. The Morgan fingerprint density at radius 2 is 1.70 bits per heavy atom. The molecule has 2 rings (SSSR count). The summed E-state index contributed by atoms with van der Waals surface area (Å²) in [6.07, 6.45) is 13.9. The van der Waals surface area contributed by atoms with Crippen LogP contribution in [-0.4, -0.2) is 46.9 Å². The lowest BCUT2D eigenvalue weighted by Crippen LogP contribution is -2.43. The van der Waals surface area contributed by atoms with Gasteiger partial charge in [-0.15, -0.1) is 0 Å². The Kier molecular flexibility index (Phi) is 10.1. The molecule has 1 aliphatic heterocycles. The van der Waals surface area contributed by atoms with E-state index in [1.165, 1.54) is 16.7 Å². The van der Waals surface area contributed by atoms with Gasteiger partial charge in [-0.25, -0.2) is 4.98 Å². The van der Waals surface area contributed by atoms with Crippen molar-refractivity contribution in [3.63, 3.8) is 0 Å². The van der Waals surface area contributed by atoms with Crippen molar-refractivity contribution in [3.8, 4) is 0 Å². The highest BCUT2D eigenvalue weighted by Crippen LogP contribution is 2.24. The van der Waals surface area contributed by atoms with Gasteiger partial charge in [0.1, 0.15) is 0 Å². The number of allylic oxidation sites excluding steroid dienone is 6. The molecule has 0 bridgehead atoms. The zero-order valence-corrected chi connectivity index (χ0v) is 21.6. The van der Waals surface area contributed by atoms with E-state index < -0.39 is 0 Å². The molecule has 6 heteroatoms. The number of aromatic nitrogens is 2. The van der Waals surface area contributed by atoms with Gasteiger partial charge in [0.25, 0.3) is 5.91 Å². The van der Waals surface area contributed by atoms with Crippen LogP contribution in [0.5, 0.6) is 0 Å². The molecule has 33 heavy (non-hydrogen) atoms. The van der Waals surface area contributed by atoms with Gasteiger partial charge in [-0.2, -0.15) is 0 Å². The number of rotatable bonds is 12. The first-order valence-electron chi connectivity index (χ1n) is 12.1. The zero-order chi connectivity index (χ0) is 24.5. The van der Waals surface area contributed by atoms with Crippen molar-refractivity contribution in [2.45, 2.75) is 79.7 Å². The standard InChI is InChI=1S/C27H42N4O2/c1-20(2)16-24(32)17-23(5)13-9-11-21(3)10-8-12-22(4)14-15-31-18-28-26-25(31)27(33)30(7)19-29(26)6/h10,14,17-18,20H,8-9,11-13,15-16,19H2,1-7H3/b21-10+,22-14+,23-17-. The first-order valence-corrected chi connectivity index (χ1v) is 12.1. The van der Waals surface area contributed by atoms with Gasteiger partial charge in [-0.3, -0.25) is 9.59 Å². The van der Waals surface area contributed by atoms with Crippen molar-refractivity contribution in [1.29, 1.82) is 0 Å². The molecule has 0 saturated heterocycles. The third-order valence-corrected chi connectivity index (χ3v) is 5.98. The molecule has 0 aliphatic carbocycles. The van der Waals surface area contributed by atoms with Crippen LogP contribution in [-0.2, 0) is 11.3 Å². The fraction of sp³-hybridized carbons (Fsp3) is 0.593. The summed E-state index contributed by atoms with van der Waals surface area (Å²) in [6.45, 7) is 11.8. The van der Waals surface area contributed by atoms with E-state index >= 15 is 0 Å². The van der Waals surface area contributed by atoms with Gasteiger partial charge < -0.3 is 14.4 Å². The van der Waals surface area contributed by atoms with E-state index in [-0.39, 0.29) is 11.7 Å². The van der Waals surface area contributed by atoms with Crippen LogP contribution in [0, 0.1) is 5.92 Å². The minimum atomic E-state index is 0.0274. The molecule has 0 spiro atoms. The van der Waals surface area contributed by atoms with E-state index in [4.69, 9.17) is 0 Å². The van der Waals surface area contributed by atoms with Gasteiger partial charge in [0.15, 0.2) is 17.3 Å². The maximum atomic E-state index is 12.5. The number of nitrogens with zero attached hydrogens (tertiary/aromatic N) is 4. The van der Waals surface area contributed by atoms with Crippen LogP contribution in [0.4, 0.5) is 5.82 Å². The summed E-state index contributed by atoms with van der Waals surface area (Å²) in [4.78, 5) is 32.6. The molecule has 0 radical (unpaired) electrons. The second-order valence-electron chi connectivity index (χ2n) is 9.96. The van der Waals surface area contributed by atoms with Gasteiger partial charge in [-0.05, 0) is 64.9 Å². The number of anilines is 1. The van der Waals surface area contributed by atoms with Gasteiger partial charge in [0.05, 0.1) is 13.0 Å². The van der Waals surface area contributed by atoms with E-state index in [1.807, 2.05) is 29.6 Å². The molecule has 0 fully saturated rings. The highest BCUT2D eigenvalue weighted by atomic mass is 16.2. The average molecular weight is 455 g/mol. The number of carbonyl (C=O) groups is 2. The summed E-state index contributed by atoms with van der Waals surface area (Å²) in [5, 5.41) is 0. The van der Waals surface area contributed by atoms with Crippen molar-refractivity contribution in [1.82, 2.24) is 14.5 Å². The Morgan fingerprint density at radius 3 is 2.39 bits per heavy atom. The summed E-state index contributed by atoms with van der Waals surface area (Å²) >= 11 is 0. The van der Waals surface area contributed by atoms with Gasteiger partial charge >= 0.3 is 0 Å². The number of ketones is 1. The lowest BCUT2D eigenvalue weighted by atomic mass is 10.0. The molecule has 0 aromatic carbocycles. The highest BCUT2D eigenvalue weighted by Gasteiger charge is 2.29. The second-order valence-corrected chi connectivity index (χ2v) is 9.96. The molecule has 1 amide bonds. The van der Waals surface area contributed by atoms with Crippen LogP contribution in [0.1, 0.15) is 83.6 Å². The number of hydrogen-bond acceptors (Lipinski definition) is 4. The van der Waals surface area contributed by atoms with Crippen LogP contribution >= 0.6 is 0 Å². The Morgan fingerprint density at radius 1 is 1.03 bits per heavy atom. The molecule has 1 aliphatic rings. The van der Waals surface area contributed by atoms with E-state index in [0.717, 1.165) is 37.9 Å². The molecule has 182 valence electrons. The predicted octanol–water partition coefficient (Wildman–Crippen LogP) is 5.77. The monoisotopic (exact) mass is 454 g/mol. The fourth-order valence-electron chi connectivity index (χ4n) is 4.10. The van der Waals surface area contributed by atoms with E-state index in [0.29, 0.717) is 31.2 Å². The van der Waals surface area contributed by atoms with Crippen molar-refractivity contribution in [2.75, 3.05) is 25.7 Å². The third kappa shape index (κ3) is 8.34. The SMILES string of the molecule is C/C(=C/C(=O)CC(C)C)CCC/C(C)=C/CC/C(C)=C/Cn1cnc2c1C(=O)N(C)CN2C. The van der Waals surface area contributed by atoms with E-state index in [2.05, 4.69) is 51.8 Å². The minimum Gasteiger partial charge on any atom is -0.340 e. The van der Waals surface area contributed by atoms with Crippen molar-refractivity contribution >= 4 is 17.5 Å². The highest BCUT2D eigenvalue weighted by molar-refractivity contribution is 5.99. The Bertz CT molecular complexity index is 921. The zero-order valence-electron chi connectivity index (χ0n) is 21.6. The van der Waals surface area contributed by atoms with Crippen LogP contribution in [0.3, 0.4) is 0 Å². The average Bonchev–Trinajstić information content (AvgIpc) is 3.14. The molecule has 1 aromatic rings. The van der Waals surface area contributed by atoms with Crippen molar-refractivity contribution in [3.05, 3.63) is 47.0 Å². The molecule has 0 unspecified atom stereocenters. The summed E-state index contributed by atoms with van der Waals surface area (Å²) in [6, 6.07) is 0. The van der Waals surface area contributed by atoms with Crippen LogP contribution in [0.15, 0.2) is 41.3 Å². The number of hydrogen-bond donors (Lipinski definition) is 0. The first-order chi connectivity index (χ1) is 15.6. The summed E-state index contributed by atoms with van der Waals surface area (Å²) in [5.41, 5.74) is 4.57. The quantitative estimate of drug-likeness (QED) is 0.297. The molecular weight excluding hydrogens is 412 g/mol. The van der Waals surface area contributed by atoms with E-state index in [9.17, 15) is 9.59 Å². The smallest absolute Gasteiger partial charge is 0.275 e. The number of fused-ring (bicyclic) bond motifs is 1. The number of imidazole rings is 1. The van der Waals surface area contributed by atoms with Crippen LogP contribution < -0.4 is 4.90 Å². The normalized spacial score (nSPS) is 15.5. The molecule has 1 aromatic heterocycles. The molecular formula is C27H42N4O2. The third-order valence-electron chi connectivity index (χ3n) is 5.98. The van der Waals surface area contributed by atoms with Crippen LogP contribution in [0.25, 0.3) is 0 Å². The van der Waals surface area contributed by atoms with Gasteiger partial charge in [0, 0.05) is 27.1 Å². The summed E-state index contributed by atoms with van der Waals surface area (Å²) < 4.78 is 1.94. The maximum absolute atomic E-state index is 12.5. The molecule has 2 heterocycles. The fourth-order valence-corrected chi connectivity index (χ4v) is 4.10. The first kappa shape index (κ1) is 26.6. The second kappa shape index (κ2) is 12.6. The lowest BCUT2D eigenvalue weighted by molar-refractivity contribution is -0.115. The molecule has 0 atom stereocenters. The lowest BCUT2D eigenvalue weighted by Gasteiger charge is -2.30. The number of amides is 1. The Labute approximate surface area is 200 Å². The topological polar surface area (TPSA) is 58.4 Å². The largest absolute Gasteiger partial charge is 0.340 e. The molecule has 0 N–H and O–H groups in total. The summed E-state index contributed by atoms with van der Waals surface area (Å²) in [7, 11) is 3.78. The van der Waals surface area contributed by atoms with Gasteiger partial charge in [0.2, 0.25) is 0 Å². The van der Waals surface area contributed by atoms with Crippen LogP contribution in [0.2, 0.25) is 0 Å². The summed E-state index contributed by atoms with van der Waals surface area (Å²) in [5.74, 6) is 1.45. The number of carbonyl (C=O) groups excluding carboxylic acids is 2. The van der Waals surface area contributed by atoms with E-state index in [1.54, 1.807) is 11.2 Å². The Hall–Kier alpha value is -2.63. The van der Waals surface area contributed by atoms with Crippen molar-refractivity contribution in [2.24, 2.45) is 5.92 Å². The molecule has 0 saturated carbocycles. The van der Waals surface area contributed by atoms with Crippen molar-refractivity contribution < 1.29 is 9.59 Å². The Balaban J connectivity index is 1.77.